The van der Waals surface area contributed by atoms with Gasteiger partial charge in [0, 0.05) is 54.5 Å². The van der Waals surface area contributed by atoms with Gasteiger partial charge in [-0.2, -0.15) is 0 Å². The molecular formula is C33H33ClFN7O3. The van der Waals surface area contributed by atoms with Crippen molar-refractivity contribution >= 4 is 57.6 Å². The van der Waals surface area contributed by atoms with Crippen molar-refractivity contribution in [2.45, 2.75) is 0 Å². The Balaban J connectivity index is 1.33. The number of nitrogens with zero attached hydrogens (tertiary/aromatic N) is 4. The van der Waals surface area contributed by atoms with Crippen molar-refractivity contribution in [3.63, 3.8) is 0 Å². The maximum atomic E-state index is 15.3. The summed E-state index contributed by atoms with van der Waals surface area (Å²) < 4.78 is 26.2. The minimum atomic E-state index is -0.359. The van der Waals surface area contributed by atoms with Crippen molar-refractivity contribution in [3.05, 3.63) is 90.4 Å². The zero-order chi connectivity index (χ0) is 31.2. The molecular weight excluding hydrogens is 597 g/mol. The predicted octanol–water partition coefficient (Wildman–Crippen LogP) is 6.22. The van der Waals surface area contributed by atoms with E-state index in [2.05, 4.69) is 38.5 Å². The first-order valence-electron chi connectivity index (χ1n) is 14.7. The lowest BCUT2D eigenvalue weighted by atomic mass is 10.1. The number of hydrogen-bond acceptors (Lipinski definition) is 9. The fourth-order valence-corrected chi connectivity index (χ4v) is 5.46. The van der Waals surface area contributed by atoms with Crippen LogP contribution in [0.5, 0.6) is 0 Å². The van der Waals surface area contributed by atoms with Gasteiger partial charge in [0.1, 0.15) is 11.5 Å². The highest BCUT2D eigenvalue weighted by molar-refractivity contribution is 6.33. The molecule has 3 heterocycles. The number of ether oxygens (including phenoxy) is 2. The fourth-order valence-electron chi connectivity index (χ4n) is 5.25. The Morgan fingerprint density at radius 2 is 1.60 bits per heavy atom. The fraction of sp³-hybridized carbons (Fsp3) is 0.242. The highest BCUT2D eigenvalue weighted by Crippen LogP contribution is 2.37. The van der Waals surface area contributed by atoms with Gasteiger partial charge in [-0.25, -0.2) is 14.4 Å². The van der Waals surface area contributed by atoms with Crippen LogP contribution in [-0.4, -0.2) is 68.5 Å². The van der Waals surface area contributed by atoms with E-state index in [1.54, 1.807) is 30.5 Å². The number of carbonyl (C=O) groups is 1. The van der Waals surface area contributed by atoms with Gasteiger partial charge in [-0.1, -0.05) is 24.2 Å². The Kier molecular flexibility index (Phi) is 9.39. The zero-order valence-electron chi connectivity index (χ0n) is 24.6. The van der Waals surface area contributed by atoms with E-state index in [1.807, 2.05) is 29.2 Å². The Morgan fingerprint density at radius 1 is 0.889 bits per heavy atom. The number of amides is 1. The van der Waals surface area contributed by atoms with Crippen LogP contribution in [0, 0.1) is 5.82 Å². The lowest BCUT2D eigenvalue weighted by Crippen LogP contribution is -2.36. The summed E-state index contributed by atoms with van der Waals surface area (Å²) in [5, 5.41) is 9.74. The van der Waals surface area contributed by atoms with E-state index in [0.29, 0.717) is 84.5 Å². The van der Waals surface area contributed by atoms with Crippen LogP contribution >= 0.6 is 11.6 Å². The normalized spacial score (nSPS) is 15.0. The number of hydrogen-bond donors (Lipinski definition) is 3. The first kappa shape index (κ1) is 30.3. The van der Waals surface area contributed by atoms with E-state index in [9.17, 15) is 4.79 Å². The Morgan fingerprint density at radius 3 is 2.33 bits per heavy atom. The van der Waals surface area contributed by atoms with Crippen LogP contribution in [0.2, 0.25) is 5.02 Å². The number of anilines is 7. The van der Waals surface area contributed by atoms with Crippen LogP contribution in [0.15, 0.2) is 79.5 Å². The van der Waals surface area contributed by atoms with Crippen LogP contribution in [0.3, 0.4) is 0 Å². The van der Waals surface area contributed by atoms with Crippen LogP contribution in [0.25, 0.3) is 11.3 Å². The number of carbonyl (C=O) groups excluding carboxylic acids is 1. The quantitative estimate of drug-likeness (QED) is 0.186. The molecule has 3 aromatic carbocycles. The van der Waals surface area contributed by atoms with E-state index < -0.39 is 0 Å². The smallest absolute Gasteiger partial charge is 0.247 e. The first-order valence-corrected chi connectivity index (χ1v) is 15.0. The highest BCUT2D eigenvalue weighted by atomic mass is 35.5. The summed E-state index contributed by atoms with van der Waals surface area (Å²) in [6.07, 6.45) is 2.81. The standard InChI is InChI=1S/C33H33ClFN7O3/c1-2-31(43)38-23-6-8-27(34)26(19-23)32-29(37-24-7-9-30(28(35)20-24)42-12-16-45-17-13-42)21-36-33(40-32)39-22-4-3-5-25(18-22)41-10-14-44-15-11-41/h2-9,18-21,37H,1,10-17H2,(H,38,43)(H,36,39,40). The van der Waals surface area contributed by atoms with Gasteiger partial charge in [0.2, 0.25) is 11.9 Å². The van der Waals surface area contributed by atoms with Gasteiger partial charge >= 0.3 is 0 Å². The summed E-state index contributed by atoms with van der Waals surface area (Å²) in [4.78, 5) is 25.7. The molecule has 0 radical (unpaired) electrons. The van der Waals surface area contributed by atoms with Crippen LogP contribution in [0.1, 0.15) is 0 Å². The summed E-state index contributed by atoms with van der Waals surface area (Å²) in [6.45, 7) is 8.90. The molecule has 0 bridgehead atoms. The van der Waals surface area contributed by atoms with Crippen molar-refractivity contribution in [2.24, 2.45) is 0 Å². The number of rotatable bonds is 9. The average molecular weight is 630 g/mol. The highest BCUT2D eigenvalue weighted by Gasteiger charge is 2.19. The van der Waals surface area contributed by atoms with Gasteiger partial charge in [-0.15, -0.1) is 0 Å². The molecule has 12 heteroatoms. The Bertz CT molecular complexity index is 1690. The third-order valence-electron chi connectivity index (χ3n) is 7.52. The average Bonchev–Trinajstić information content (AvgIpc) is 3.07. The monoisotopic (exact) mass is 629 g/mol. The largest absolute Gasteiger partial charge is 0.378 e. The van der Waals surface area contributed by atoms with Gasteiger partial charge in [-0.3, -0.25) is 4.79 Å². The number of halogens is 2. The van der Waals surface area contributed by atoms with Crippen LogP contribution in [-0.2, 0) is 14.3 Å². The molecule has 2 aliphatic heterocycles. The first-order chi connectivity index (χ1) is 22.0. The van der Waals surface area contributed by atoms with E-state index in [1.165, 1.54) is 12.1 Å². The molecule has 3 N–H and O–H groups in total. The molecule has 2 fully saturated rings. The summed E-state index contributed by atoms with van der Waals surface area (Å²) in [5.41, 5.74) is 4.91. The minimum Gasteiger partial charge on any atom is -0.378 e. The second kappa shape index (κ2) is 13.9. The molecule has 2 aliphatic rings. The third-order valence-corrected chi connectivity index (χ3v) is 7.85. The number of nitrogens with one attached hydrogen (secondary N) is 3. The molecule has 45 heavy (non-hydrogen) atoms. The molecule has 0 saturated carbocycles. The van der Waals surface area contributed by atoms with E-state index in [4.69, 9.17) is 26.1 Å². The molecule has 4 aromatic rings. The molecule has 2 saturated heterocycles. The SMILES string of the molecule is C=CC(=O)Nc1ccc(Cl)c(-c2nc(Nc3cccc(N4CCOCC4)c3)ncc2Nc2ccc(N3CCOCC3)c(F)c2)c1. The summed E-state index contributed by atoms with van der Waals surface area (Å²) in [5.74, 6) is -0.377. The molecule has 0 aliphatic carbocycles. The van der Waals surface area contributed by atoms with Gasteiger partial charge < -0.3 is 35.2 Å². The van der Waals surface area contributed by atoms with Gasteiger partial charge in [0.25, 0.3) is 0 Å². The Hall–Kier alpha value is -4.71. The van der Waals surface area contributed by atoms with Crippen LogP contribution in [0.4, 0.5) is 44.5 Å². The summed E-state index contributed by atoms with van der Waals surface area (Å²) >= 11 is 6.69. The molecule has 0 unspecified atom stereocenters. The second-order valence-electron chi connectivity index (χ2n) is 10.5. The molecule has 6 rings (SSSR count). The number of morpholine rings is 2. The van der Waals surface area contributed by atoms with E-state index in [-0.39, 0.29) is 11.7 Å². The van der Waals surface area contributed by atoms with Crippen molar-refractivity contribution in [1.82, 2.24) is 9.97 Å². The maximum Gasteiger partial charge on any atom is 0.247 e. The summed E-state index contributed by atoms with van der Waals surface area (Å²) in [7, 11) is 0. The molecule has 1 amide bonds. The lowest BCUT2D eigenvalue weighted by Gasteiger charge is -2.29. The summed E-state index contributed by atoms with van der Waals surface area (Å²) in [6, 6.07) is 18.1. The van der Waals surface area contributed by atoms with E-state index >= 15 is 4.39 Å². The third kappa shape index (κ3) is 7.34. The molecule has 232 valence electrons. The predicted molar refractivity (Wildman–Crippen MR) is 177 cm³/mol. The van der Waals surface area contributed by atoms with Crippen molar-refractivity contribution in [3.8, 4) is 11.3 Å². The minimum absolute atomic E-state index is 0.333. The molecule has 10 nitrogen and oxygen atoms in total. The van der Waals surface area contributed by atoms with Gasteiger partial charge in [-0.05, 0) is 60.7 Å². The van der Waals surface area contributed by atoms with Gasteiger partial charge in [0.15, 0.2) is 0 Å². The number of aromatic nitrogens is 2. The van der Waals surface area contributed by atoms with Crippen molar-refractivity contribution in [1.29, 1.82) is 0 Å². The molecule has 1 aromatic heterocycles. The second-order valence-corrected chi connectivity index (χ2v) is 10.9. The zero-order valence-corrected chi connectivity index (χ0v) is 25.3. The maximum absolute atomic E-state index is 15.3. The lowest BCUT2D eigenvalue weighted by molar-refractivity contribution is -0.111. The topological polar surface area (TPSA) is 104 Å². The molecule has 0 atom stereocenters. The van der Waals surface area contributed by atoms with Gasteiger partial charge in [0.05, 0.1) is 49.0 Å². The molecule has 0 spiro atoms. The Labute approximate surface area is 265 Å². The van der Waals surface area contributed by atoms with Crippen molar-refractivity contribution in [2.75, 3.05) is 78.4 Å². The number of benzene rings is 3. The van der Waals surface area contributed by atoms with E-state index in [0.717, 1.165) is 24.5 Å². The van der Waals surface area contributed by atoms with Crippen LogP contribution < -0.4 is 25.8 Å². The van der Waals surface area contributed by atoms with Crippen molar-refractivity contribution < 1.29 is 18.7 Å².